The Morgan fingerprint density at radius 2 is 2.00 bits per heavy atom. The summed E-state index contributed by atoms with van der Waals surface area (Å²) in [7, 11) is 2.19. The summed E-state index contributed by atoms with van der Waals surface area (Å²) in [4.78, 5) is 2.40. The van der Waals surface area contributed by atoms with E-state index in [0.29, 0.717) is 0 Å². The van der Waals surface area contributed by atoms with Crippen molar-refractivity contribution in [3.63, 3.8) is 0 Å². The lowest BCUT2D eigenvalue weighted by molar-refractivity contribution is 0.329. The zero-order chi connectivity index (χ0) is 12.5. The SMILES string of the molecule is CN1CCCCc2cc(F)cc3scc(c23)CC1. The molecular formula is C15H18FNS. The number of aryl methyl sites for hydroxylation is 1. The van der Waals surface area contributed by atoms with Gasteiger partial charge in [-0.1, -0.05) is 0 Å². The summed E-state index contributed by atoms with van der Waals surface area (Å²) < 4.78 is 14.7. The van der Waals surface area contributed by atoms with Crippen LogP contribution in [0, 0.1) is 5.82 Å². The first kappa shape index (κ1) is 12.1. The number of hydrogen-bond acceptors (Lipinski definition) is 2. The number of benzene rings is 1. The van der Waals surface area contributed by atoms with Crippen LogP contribution < -0.4 is 0 Å². The number of hydrogen-bond donors (Lipinski definition) is 0. The largest absolute Gasteiger partial charge is 0.306 e. The van der Waals surface area contributed by atoms with Crippen molar-refractivity contribution < 1.29 is 4.39 Å². The molecule has 96 valence electrons. The molecule has 0 unspecified atom stereocenters. The maximum Gasteiger partial charge on any atom is 0.124 e. The molecule has 3 heteroatoms. The lowest BCUT2D eigenvalue weighted by Gasteiger charge is -2.18. The number of thiophene rings is 1. The van der Waals surface area contributed by atoms with Gasteiger partial charge in [0.1, 0.15) is 5.82 Å². The predicted molar refractivity (Wildman–Crippen MR) is 75.9 cm³/mol. The van der Waals surface area contributed by atoms with Gasteiger partial charge >= 0.3 is 0 Å². The molecule has 0 saturated heterocycles. The number of nitrogens with zero attached hydrogens (tertiary/aromatic N) is 1. The summed E-state index contributed by atoms with van der Waals surface area (Å²) in [5.74, 6) is -0.0833. The van der Waals surface area contributed by atoms with Crippen LogP contribution in [0.1, 0.15) is 24.0 Å². The van der Waals surface area contributed by atoms with Crippen molar-refractivity contribution in [2.45, 2.75) is 25.7 Å². The third-order valence-electron chi connectivity index (χ3n) is 3.80. The van der Waals surface area contributed by atoms with Gasteiger partial charge < -0.3 is 4.90 Å². The van der Waals surface area contributed by atoms with Crippen LogP contribution in [0.5, 0.6) is 0 Å². The highest BCUT2D eigenvalue weighted by atomic mass is 32.1. The molecule has 0 N–H and O–H groups in total. The molecule has 0 fully saturated rings. The molecule has 0 amide bonds. The molecule has 1 aromatic heterocycles. The summed E-state index contributed by atoms with van der Waals surface area (Å²) in [6, 6.07) is 3.42. The lowest BCUT2D eigenvalue weighted by Crippen LogP contribution is -2.23. The molecule has 1 aliphatic heterocycles. The van der Waals surface area contributed by atoms with Crippen LogP contribution in [0.15, 0.2) is 17.5 Å². The topological polar surface area (TPSA) is 3.24 Å². The van der Waals surface area contributed by atoms with E-state index in [9.17, 15) is 4.39 Å². The number of halogens is 1. The minimum absolute atomic E-state index is 0.0833. The van der Waals surface area contributed by atoms with E-state index >= 15 is 0 Å². The van der Waals surface area contributed by atoms with Crippen molar-refractivity contribution in [1.29, 1.82) is 0 Å². The van der Waals surface area contributed by atoms with Crippen molar-refractivity contribution in [3.8, 4) is 0 Å². The normalized spacial score (nSPS) is 18.1. The summed E-state index contributed by atoms with van der Waals surface area (Å²) in [5.41, 5.74) is 2.62. The third kappa shape index (κ3) is 2.29. The van der Waals surface area contributed by atoms with E-state index in [4.69, 9.17) is 0 Å². The lowest BCUT2D eigenvalue weighted by atomic mass is 9.98. The molecule has 0 aliphatic carbocycles. The van der Waals surface area contributed by atoms with E-state index in [0.717, 1.165) is 37.1 Å². The summed E-state index contributed by atoms with van der Waals surface area (Å²) >= 11 is 1.68. The summed E-state index contributed by atoms with van der Waals surface area (Å²) in [5, 5.41) is 3.54. The van der Waals surface area contributed by atoms with Crippen LogP contribution >= 0.6 is 11.3 Å². The highest BCUT2D eigenvalue weighted by molar-refractivity contribution is 7.17. The van der Waals surface area contributed by atoms with Gasteiger partial charge in [-0.25, -0.2) is 4.39 Å². The predicted octanol–water partition coefficient (Wildman–Crippen LogP) is 3.85. The molecule has 2 aromatic rings. The maximum atomic E-state index is 13.6. The fourth-order valence-electron chi connectivity index (χ4n) is 2.79. The first-order valence-electron chi connectivity index (χ1n) is 6.61. The van der Waals surface area contributed by atoms with Gasteiger partial charge in [0, 0.05) is 11.2 Å². The molecule has 0 spiro atoms. The van der Waals surface area contributed by atoms with Gasteiger partial charge in [-0.3, -0.25) is 0 Å². The van der Waals surface area contributed by atoms with Crippen molar-refractivity contribution in [2.24, 2.45) is 0 Å². The zero-order valence-electron chi connectivity index (χ0n) is 10.7. The van der Waals surface area contributed by atoms with Crippen LogP contribution in [-0.2, 0) is 12.8 Å². The molecule has 0 saturated carbocycles. The minimum Gasteiger partial charge on any atom is -0.306 e. The smallest absolute Gasteiger partial charge is 0.124 e. The first-order chi connectivity index (χ1) is 8.74. The van der Waals surface area contributed by atoms with Crippen molar-refractivity contribution in [3.05, 3.63) is 34.5 Å². The third-order valence-corrected chi connectivity index (χ3v) is 4.77. The second-order valence-electron chi connectivity index (χ2n) is 5.21. The number of rotatable bonds is 0. The van der Waals surface area contributed by atoms with E-state index < -0.39 is 0 Å². The van der Waals surface area contributed by atoms with E-state index in [-0.39, 0.29) is 5.82 Å². The number of likely N-dealkylation sites (N-methyl/N-ethyl adjacent to an activating group) is 1. The Balaban J connectivity index is 2.09. The molecule has 1 aliphatic rings. The Hall–Kier alpha value is -0.930. The van der Waals surface area contributed by atoms with Crippen molar-refractivity contribution in [1.82, 2.24) is 4.90 Å². The Kier molecular flexibility index (Phi) is 3.35. The van der Waals surface area contributed by atoms with Crippen LogP contribution in [0.2, 0.25) is 0 Å². The van der Waals surface area contributed by atoms with Crippen LogP contribution in [0.25, 0.3) is 10.1 Å². The van der Waals surface area contributed by atoms with E-state index in [1.807, 2.05) is 0 Å². The Morgan fingerprint density at radius 3 is 2.89 bits per heavy atom. The van der Waals surface area contributed by atoms with Gasteiger partial charge in [0.25, 0.3) is 0 Å². The molecule has 3 rings (SSSR count). The van der Waals surface area contributed by atoms with E-state index in [2.05, 4.69) is 17.3 Å². The second-order valence-corrected chi connectivity index (χ2v) is 6.12. The van der Waals surface area contributed by atoms with Crippen molar-refractivity contribution >= 4 is 21.4 Å². The fourth-order valence-corrected chi connectivity index (χ4v) is 3.85. The van der Waals surface area contributed by atoms with Crippen molar-refractivity contribution in [2.75, 3.05) is 20.1 Å². The molecule has 0 atom stereocenters. The molecular weight excluding hydrogens is 245 g/mol. The zero-order valence-corrected chi connectivity index (χ0v) is 11.5. The van der Waals surface area contributed by atoms with Gasteiger partial charge in [-0.2, -0.15) is 0 Å². The van der Waals surface area contributed by atoms with Crippen LogP contribution in [0.4, 0.5) is 4.39 Å². The van der Waals surface area contributed by atoms with Gasteiger partial charge in [0.15, 0.2) is 0 Å². The molecule has 0 radical (unpaired) electrons. The fraction of sp³-hybridized carbons (Fsp3) is 0.467. The second kappa shape index (κ2) is 4.98. The van der Waals surface area contributed by atoms with Gasteiger partial charge in [-0.15, -0.1) is 11.3 Å². The van der Waals surface area contributed by atoms with Gasteiger partial charge in [-0.05, 0) is 73.3 Å². The van der Waals surface area contributed by atoms with Gasteiger partial charge in [0.05, 0.1) is 0 Å². The molecule has 2 heterocycles. The van der Waals surface area contributed by atoms with Crippen LogP contribution in [0.3, 0.4) is 0 Å². The first-order valence-corrected chi connectivity index (χ1v) is 7.49. The average Bonchev–Trinajstić information content (AvgIpc) is 2.74. The molecule has 1 aromatic carbocycles. The quantitative estimate of drug-likeness (QED) is 0.698. The maximum absolute atomic E-state index is 13.6. The Labute approximate surface area is 111 Å². The standard InChI is InChI=1S/C15H18FNS/c1-17-6-3-2-4-11-8-13(16)9-14-15(11)12(5-7-17)10-18-14/h8-10H,2-7H2,1H3. The van der Waals surface area contributed by atoms with Crippen LogP contribution in [-0.4, -0.2) is 25.0 Å². The van der Waals surface area contributed by atoms with E-state index in [1.54, 1.807) is 23.5 Å². The highest BCUT2D eigenvalue weighted by Gasteiger charge is 2.13. The summed E-state index contributed by atoms with van der Waals surface area (Å²) in [6.07, 6.45) is 4.44. The monoisotopic (exact) mass is 263 g/mol. The highest BCUT2D eigenvalue weighted by Crippen LogP contribution is 2.32. The molecule has 1 nitrogen and oxygen atoms in total. The Bertz CT molecular complexity index is 561. The van der Waals surface area contributed by atoms with Gasteiger partial charge in [0.2, 0.25) is 0 Å². The Morgan fingerprint density at radius 1 is 1.11 bits per heavy atom. The van der Waals surface area contributed by atoms with E-state index in [1.165, 1.54) is 22.9 Å². The molecule has 0 bridgehead atoms. The molecule has 18 heavy (non-hydrogen) atoms. The minimum atomic E-state index is -0.0833. The average molecular weight is 263 g/mol. The summed E-state index contributed by atoms with van der Waals surface area (Å²) in [6.45, 7) is 2.25.